The molecule has 6 heteroatoms. The molecule has 0 radical (unpaired) electrons. The Hall–Kier alpha value is -2.73. The third-order valence-corrected chi connectivity index (χ3v) is 4.19. The summed E-state index contributed by atoms with van der Waals surface area (Å²) in [6.07, 6.45) is 3.53. The van der Waals surface area contributed by atoms with Gasteiger partial charge < -0.3 is 5.32 Å². The Labute approximate surface area is 147 Å². The summed E-state index contributed by atoms with van der Waals surface area (Å²) in [5, 5.41) is 8.92. The molecule has 118 valence electrons. The number of hydrogen-bond acceptors (Lipinski definition) is 4. The van der Waals surface area contributed by atoms with Crippen LogP contribution in [0.25, 0.3) is 16.6 Å². The van der Waals surface area contributed by atoms with Crippen LogP contribution in [0.4, 0.5) is 5.82 Å². The second-order valence-electron chi connectivity index (χ2n) is 5.32. The van der Waals surface area contributed by atoms with Crippen molar-refractivity contribution in [1.29, 1.82) is 0 Å². The molecule has 5 nitrogen and oxygen atoms in total. The third-order valence-electron chi connectivity index (χ3n) is 3.70. The summed E-state index contributed by atoms with van der Waals surface area (Å²) in [5.74, 6) is 0.801. The number of rotatable bonds is 4. The highest BCUT2D eigenvalue weighted by molar-refractivity contribution is 9.10. The molecule has 0 atom stereocenters. The van der Waals surface area contributed by atoms with Crippen LogP contribution in [-0.4, -0.2) is 19.7 Å². The van der Waals surface area contributed by atoms with Gasteiger partial charge in [-0.2, -0.15) is 5.10 Å². The molecule has 0 bridgehead atoms. The van der Waals surface area contributed by atoms with Gasteiger partial charge in [0, 0.05) is 16.1 Å². The Morgan fingerprint density at radius 1 is 1.00 bits per heavy atom. The van der Waals surface area contributed by atoms with Gasteiger partial charge in [0.15, 0.2) is 0 Å². The minimum Gasteiger partial charge on any atom is -0.364 e. The number of hydrogen-bond donors (Lipinski definition) is 1. The van der Waals surface area contributed by atoms with Gasteiger partial charge in [0.25, 0.3) is 0 Å². The first-order valence-corrected chi connectivity index (χ1v) is 8.33. The second-order valence-corrected chi connectivity index (χ2v) is 6.24. The molecule has 24 heavy (non-hydrogen) atoms. The molecule has 0 aliphatic carbocycles. The van der Waals surface area contributed by atoms with Gasteiger partial charge in [-0.1, -0.05) is 34.1 Å². The van der Waals surface area contributed by atoms with E-state index < -0.39 is 0 Å². The molecule has 2 heterocycles. The Morgan fingerprint density at radius 3 is 2.75 bits per heavy atom. The van der Waals surface area contributed by atoms with Crippen molar-refractivity contribution in [3.8, 4) is 5.69 Å². The van der Waals surface area contributed by atoms with Crippen molar-refractivity contribution in [2.75, 3.05) is 5.32 Å². The number of nitrogens with one attached hydrogen (secondary N) is 1. The third kappa shape index (κ3) is 3.00. The van der Waals surface area contributed by atoms with Crippen molar-refractivity contribution in [3.05, 3.63) is 77.3 Å². The van der Waals surface area contributed by atoms with Crippen molar-refractivity contribution in [1.82, 2.24) is 19.7 Å². The number of aromatic nitrogens is 4. The predicted molar refractivity (Wildman–Crippen MR) is 98.1 cm³/mol. The van der Waals surface area contributed by atoms with Crippen molar-refractivity contribution in [2.45, 2.75) is 6.54 Å². The van der Waals surface area contributed by atoms with Crippen molar-refractivity contribution >= 4 is 32.7 Å². The zero-order valence-corrected chi connectivity index (χ0v) is 14.3. The number of benzene rings is 2. The van der Waals surface area contributed by atoms with Crippen LogP contribution in [0.1, 0.15) is 5.69 Å². The lowest BCUT2D eigenvalue weighted by atomic mass is 10.2. The number of nitrogens with zero attached hydrogens (tertiary/aromatic N) is 4. The largest absolute Gasteiger partial charge is 0.364 e. The number of halogens is 1. The summed E-state index contributed by atoms with van der Waals surface area (Å²) in [7, 11) is 0. The van der Waals surface area contributed by atoms with Crippen LogP contribution in [0.2, 0.25) is 0 Å². The van der Waals surface area contributed by atoms with Gasteiger partial charge in [-0.15, -0.1) is 0 Å². The summed E-state index contributed by atoms with van der Waals surface area (Å²) in [6, 6.07) is 18.0. The fourth-order valence-electron chi connectivity index (χ4n) is 2.52. The van der Waals surface area contributed by atoms with E-state index in [-0.39, 0.29) is 0 Å². The highest BCUT2D eigenvalue weighted by Crippen LogP contribution is 2.23. The van der Waals surface area contributed by atoms with E-state index in [0.717, 1.165) is 32.6 Å². The van der Waals surface area contributed by atoms with Crippen LogP contribution in [0, 0.1) is 0 Å². The minimum atomic E-state index is 0.596. The quantitative estimate of drug-likeness (QED) is 0.577. The minimum absolute atomic E-state index is 0.596. The van der Waals surface area contributed by atoms with E-state index in [1.807, 2.05) is 65.5 Å². The van der Waals surface area contributed by atoms with E-state index in [4.69, 9.17) is 0 Å². The van der Waals surface area contributed by atoms with Gasteiger partial charge in [0.1, 0.15) is 12.1 Å². The van der Waals surface area contributed by atoms with E-state index in [9.17, 15) is 0 Å². The van der Waals surface area contributed by atoms with Crippen LogP contribution < -0.4 is 5.32 Å². The molecule has 0 saturated carbocycles. The summed E-state index contributed by atoms with van der Waals surface area (Å²) in [5.41, 5.74) is 2.89. The molecule has 4 aromatic rings. The van der Waals surface area contributed by atoms with E-state index in [0.29, 0.717) is 6.54 Å². The van der Waals surface area contributed by atoms with Crippen LogP contribution in [0.5, 0.6) is 0 Å². The van der Waals surface area contributed by atoms with Crippen LogP contribution in [0.15, 0.2) is 71.6 Å². The summed E-state index contributed by atoms with van der Waals surface area (Å²) in [4.78, 5) is 8.64. The summed E-state index contributed by atoms with van der Waals surface area (Å²) < 4.78 is 2.87. The maximum atomic E-state index is 4.59. The Kier molecular flexibility index (Phi) is 3.96. The Morgan fingerprint density at radius 2 is 1.88 bits per heavy atom. The topological polar surface area (TPSA) is 55.6 Å². The van der Waals surface area contributed by atoms with E-state index in [1.54, 1.807) is 6.33 Å². The number of para-hydroxylation sites is 1. The first-order valence-electron chi connectivity index (χ1n) is 7.54. The Balaban J connectivity index is 1.56. The molecule has 0 aliphatic rings. The second kappa shape index (κ2) is 6.41. The predicted octanol–water partition coefficient (Wildman–Crippen LogP) is 4.19. The van der Waals surface area contributed by atoms with Crippen LogP contribution >= 0.6 is 15.9 Å². The van der Waals surface area contributed by atoms with Crippen LogP contribution in [0.3, 0.4) is 0 Å². The highest BCUT2D eigenvalue weighted by atomic mass is 79.9. The fourth-order valence-corrected chi connectivity index (χ4v) is 2.89. The van der Waals surface area contributed by atoms with Gasteiger partial charge in [0.05, 0.1) is 23.4 Å². The monoisotopic (exact) mass is 379 g/mol. The lowest BCUT2D eigenvalue weighted by Crippen LogP contribution is -2.04. The van der Waals surface area contributed by atoms with Crippen LogP contribution in [-0.2, 0) is 6.54 Å². The molecule has 0 saturated heterocycles. The molecule has 2 aromatic heterocycles. The average Bonchev–Trinajstić information content (AvgIpc) is 3.10. The van der Waals surface area contributed by atoms with Crippen molar-refractivity contribution < 1.29 is 0 Å². The molecule has 2 aromatic carbocycles. The Bertz CT molecular complexity index is 981. The number of fused-ring (bicyclic) bond motifs is 1. The molecule has 0 amide bonds. The number of anilines is 1. The van der Waals surface area contributed by atoms with E-state index in [2.05, 4.69) is 36.3 Å². The lowest BCUT2D eigenvalue weighted by molar-refractivity contribution is 0.843. The SMILES string of the molecule is Brc1ccc2ncnc(NCc3ccn(-c4ccccc4)n3)c2c1. The first-order chi connectivity index (χ1) is 11.8. The molecular weight excluding hydrogens is 366 g/mol. The zero-order valence-electron chi connectivity index (χ0n) is 12.7. The standard InChI is InChI=1S/C18H14BrN5/c19-13-6-7-17-16(10-13)18(22-12-21-17)20-11-14-8-9-24(23-14)15-4-2-1-3-5-15/h1-10,12H,11H2,(H,20,21,22). The molecule has 1 N–H and O–H groups in total. The molecule has 4 rings (SSSR count). The lowest BCUT2D eigenvalue weighted by Gasteiger charge is -2.07. The first kappa shape index (κ1) is 14.8. The van der Waals surface area contributed by atoms with Gasteiger partial charge in [0.2, 0.25) is 0 Å². The normalized spacial score (nSPS) is 10.9. The van der Waals surface area contributed by atoms with Crippen molar-refractivity contribution in [2.24, 2.45) is 0 Å². The fraction of sp³-hybridized carbons (Fsp3) is 0.0556. The average molecular weight is 380 g/mol. The summed E-state index contributed by atoms with van der Waals surface area (Å²) in [6.45, 7) is 0.596. The molecule has 0 unspecified atom stereocenters. The van der Waals surface area contributed by atoms with Crippen molar-refractivity contribution in [3.63, 3.8) is 0 Å². The maximum Gasteiger partial charge on any atom is 0.137 e. The molecule has 0 spiro atoms. The molecule has 0 fully saturated rings. The van der Waals surface area contributed by atoms with Gasteiger partial charge in [-0.05, 0) is 36.4 Å². The highest BCUT2D eigenvalue weighted by Gasteiger charge is 2.06. The van der Waals surface area contributed by atoms with Gasteiger partial charge in [-0.25, -0.2) is 14.6 Å². The van der Waals surface area contributed by atoms with Gasteiger partial charge in [-0.3, -0.25) is 0 Å². The van der Waals surface area contributed by atoms with E-state index >= 15 is 0 Å². The molecular formula is C18H14BrN5. The maximum absolute atomic E-state index is 4.59. The molecule has 0 aliphatic heterocycles. The summed E-state index contributed by atoms with van der Waals surface area (Å²) >= 11 is 3.49. The van der Waals surface area contributed by atoms with Gasteiger partial charge >= 0.3 is 0 Å². The van der Waals surface area contributed by atoms with E-state index in [1.165, 1.54) is 0 Å². The smallest absolute Gasteiger partial charge is 0.137 e. The zero-order chi connectivity index (χ0) is 16.4.